The molecular weight excluding hydrogens is 238 g/mol. The molecule has 0 radical (unpaired) electrons. The molecule has 1 aliphatic carbocycles. The minimum Gasteiger partial charge on any atom is -0.313 e. The lowest BCUT2D eigenvalue weighted by Crippen LogP contribution is -2.33. The van der Waals surface area contributed by atoms with Crippen molar-refractivity contribution in [2.75, 3.05) is 12.8 Å². The first kappa shape index (κ1) is 14.0. The smallest absolute Gasteiger partial charge is 0.0282 e. The quantitative estimate of drug-likeness (QED) is 0.803. The molecule has 2 rings (SSSR count). The molecule has 1 N–H and O–H groups in total. The zero-order chi connectivity index (χ0) is 13.0. The number of hydrogen-bond donors (Lipinski definition) is 1. The van der Waals surface area contributed by atoms with E-state index in [0.29, 0.717) is 10.8 Å². The molecular formula is C16H25NS. The summed E-state index contributed by atoms with van der Waals surface area (Å²) in [5, 5.41) is 3.70. The van der Waals surface area contributed by atoms with Crippen LogP contribution in [0.1, 0.15) is 37.3 Å². The Morgan fingerprint density at radius 1 is 1.39 bits per heavy atom. The van der Waals surface area contributed by atoms with Crippen molar-refractivity contribution < 1.29 is 0 Å². The third kappa shape index (κ3) is 4.03. The minimum absolute atomic E-state index is 0.581. The summed E-state index contributed by atoms with van der Waals surface area (Å²) in [4.78, 5) is 0. The second-order valence-electron chi connectivity index (χ2n) is 5.70. The molecule has 1 atom stereocenters. The number of rotatable bonds is 7. The zero-order valence-corrected chi connectivity index (χ0v) is 12.6. The molecule has 0 bridgehead atoms. The Labute approximate surface area is 116 Å². The van der Waals surface area contributed by atoms with Gasteiger partial charge in [-0.1, -0.05) is 29.8 Å². The largest absolute Gasteiger partial charge is 0.313 e. The van der Waals surface area contributed by atoms with Crippen molar-refractivity contribution in [2.45, 2.75) is 50.3 Å². The van der Waals surface area contributed by atoms with E-state index in [1.54, 1.807) is 0 Å². The average molecular weight is 263 g/mol. The molecule has 2 heteroatoms. The normalized spacial score (nSPS) is 18.6. The standard InChI is InChI=1S/C16H25NS/c1-13-5-4-6-15(11-13)8-7-14(2)17-12-16(18-3)9-10-16/h4-6,11,14,17H,7-10,12H2,1-3H3. The van der Waals surface area contributed by atoms with Gasteiger partial charge in [-0.05, 0) is 51.3 Å². The third-order valence-corrected chi connectivity index (χ3v) is 5.38. The Balaban J connectivity index is 1.70. The lowest BCUT2D eigenvalue weighted by Gasteiger charge is -2.18. The van der Waals surface area contributed by atoms with E-state index in [2.05, 4.69) is 49.7 Å². The summed E-state index contributed by atoms with van der Waals surface area (Å²) >= 11 is 2.03. The van der Waals surface area contributed by atoms with Crippen molar-refractivity contribution in [3.63, 3.8) is 0 Å². The van der Waals surface area contributed by atoms with Crippen LogP contribution in [0.4, 0.5) is 0 Å². The van der Waals surface area contributed by atoms with E-state index in [4.69, 9.17) is 0 Å². The Kier molecular flexibility index (Phi) is 4.74. The molecule has 18 heavy (non-hydrogen) atoms. The zero-order valence-electron chi connectivity index (χ0n) is 11.8. The Morgan fingerprint density at radius 3 is 2.78 bits per heavy atom. The highest BCUT2D eigenvalue weighted by molar-refractivity contribution is 8.00. The summed E-state index contributed by atoms with van der Waals surface area (Å²) in [7, 11) is 0. The molecule has 100 valence electrons. The van der Waals surface area contributed by atoms with Gasteiger partial charge in [0.2, 0.25) is 0 Å². The van der Waals surface area contributed by atoms with Crippen molar-refractivity contribution in [3.8, 4) is 0 Å². The highest BCUT2D eigenvalue weighted by Gasteiger charge is 2.41. The summed E-state index contributed by atoms with van der Waals surface area (Å²) in [5.41, 5.74) is 2.84. The second-order valence-corrected chi connectivity index (χ2v) is 6.97. The van der Waals surface area contributed by atoms with Gasteiger partial charge in [-0.15, -0.1) is 0 Å². The number of benzene rings is 1. The molecule has 0 saturated heterocycles. The molecule has 1 aromatic carbocycles. The first-order valence-electron chi connectivity index (χ1n) is 6.98. The predicted molar refractivity (Wildman–Crippen MR) is 82.4 cm³/mol. The van der Waals surface area contributed by atoms with Gasteiger partial charge in [0.1, 0.15) is 0 Å². The summed E-state index contributed by atoms with van der Waals surface area (Å²) in [6.07, 6.45) is 7.44. The third-order valence-electron chi connectivity index (χ3n) is 3.96. The van der Waals surface area contributed by atoms with Gasteiger partial charge in [-0.2, -0.15) is 11.8 Å². The predicted octanol–water partition coefficient (Wildman–Crippen LogP) is 3.80. The molecule has 0 heterocycles. The maximum atomic E-state index is 3.70. The van der Waals surface area contributed by atoms with Crippen molar-refractivity contribution in [1.82, 2.24) is 5.32 Å². The van der Waals surface area contributed by atoms with Gasteiger partial charge >= 0.3 is 0 Å². The van der Waals surface area contributed by atoms with Crippen molar-refractivity contribution in [1.29, 1.82) is 0 Å². The van der Waals surface area contributed by atoms with Crippen LogP contribution in [0.25, 0.3) is 0 Å². The van der Waals surface area contributed by atoms with Gasteiger partial charge < -0.3 is 5.32 Å². The van der Waals surface area contributed by atoms with Crippen LogP contribution in [0.3, 0.4) is 0 Å². The van der Waals surface area contributed by atoms with Gasteiger partial charge in [-0.3, -0.25) is 0 Å². The second kappa shape index (κ2) is 6.12. The van der Waals surface area contributed by atoms with Crippen molar-refractivity contribution in [2.24, 2.45) is 0 Å². The van der Waals surface area contributed by atoms with Crippen LogP contribution in [0.5, 0.6) is 0 Å². The van der Waals surface area contributed by atoms with Crippen LogP contribution in [-0.4, -0.2) is 23.6 Å². The van der Waals surface area contributed by atoms with Crippen LogP contribution < -0.4 is 5.32 Å². The van der Waals surface area contributed by atoms with E-state index in [-0.39, 0.29) is 0 Å². The van der Waals surface area contributed by atoms with Crippen LogP contribution in [0.2, 0.25) is 0 Å². The minimum atomic E-state index is 0.581. The van der Waals surface area contributed by atoms with E-state index in [1.165, 1.54) is 43.4 Å². The molecule has 1 unspecified atom stereocenters. The monoisotopic (exact) mass is 263 g/mol. The van der Waals surface area contributed by atoms with Gasteiger partial charge in [0.05, 0.1) is 0 Å². The first-order valence-corrected chi connectivity index (χ1v) is 8.20. The highest BCUT2D eigenvalue weighted by Crippen LogP contribution is 2.46. The lowest BCUT2D eigenvalue weighted by atomic mass is 10.0. The Hall–Kier alpha value is -0.470. The van der Waals surface area contributed by atoms with Crippen molar-refractivity contribution in [3.05, 3.63) is 35.4 Å². The fraction of sp³-hybridized carbons (Fsp3) is 0.625. The Bertz CT molecular complexity index is 384. The average Bonchev–Trinajstić information content (AvgIpc) is 3.15. The van der Waals surface area contributed by atoms with E-state index in [1.807, 2.05) is 11.8 Å². The fourth-order valence-electron chi connectivity index (χ4n) is 2.31. The molecule has 1 nitrogen and oxygen atoms in total. The van der Waals surface area contributed by atoms with Gasteiger partial charge in [0.15, 0.2) is 0 Å². The van der Waals surface area contributed by atoms with E-state index < -0.39 is 0 Å². The first-order chi connectivity index (χ1) is 8.63. The van der Waals surface area contributed by atoms with Gasteiger partial charge in [0, 0.05) is 17.3 Å². The van der Waals surface area contributed by atoms with Gasteiger partial charge in [0.25, 0.3) is 0 Å². The number of aryl methyl sites for hydroxylation is 2. The molecule has 1 aliphatic rings. The highest BCUT2D eigenvalue weighted by atomic mass is 32.2. The number of nitrogens with one attached hydrogen (secondary N) is 1. The van der Waals surface area contributed by atoms with E-state index in [9.17, 15) is 0 Å². The SMILES string of the molecule is CSC1(CNC(C)CCc2cccc(C)c2)CC1. The maximum absolute atomic E-state index is 3.70. The molecule has 0 spiro atoms. The van der Waals surface area contributed by atoms with Crippen molar-refractivity contribution >= 4 is 11.8 Å². The summed E-state index contributed by atoms with van der Waals surface area (Å²) in [6.45, 7) is 5.66. The number of hydrogen-bond acceptors (Lipinski definition) is 2. The van der Waals surface area contributed by atoms with E-state index in [0.717, 1.165) is 0 Å². The maximum Gasteiger partial charge on any atom is 0.0282 e. The van der Waals surface area contributed by atoms with Crippen LogP contribution in [-0.2, 0) is 6.42 Å². The molecule has 1 saturated carbocycles. The number of thioether (sulfide) groups is 1. The fourth-order valence-corrected chi connectivity index (χ4v) is 3.04. The summed E-state index contributed by atoms with van der Waals surface area (Å²) in [6, 6.07) is 9.49. The molecule has 1 aromatic rings. The molecule has 0 aliphatic heterocycles. The molecule has 0 amide bonds. The topological polar surface area (TPSA) is 12.0 Å². The summed E-state index contributed by atoms with van der Waals surface area (Å²) in [5.74, 6) is 0. The van der Waals surface area contributed by atoms with E-state index >= 15 is 0 Å². The molecule has 0 aromatic heterocycles. The summed E-state index contributed by atoms with van der Waals surface area (Å²) < 4.78 is 0.581. The Morgan fingerprint density at radius 2 is 2.17 bits per heavy atom. The van der Waals surface area contributed by atoms with Crippen LogP contribution in [0.15, 0.2) is 24.3 Å². The molecule has 1 fully saturated rings. The van der Waals surface area contributed by atoms with Gasteiger partial charge in [-0.25, -0.2) is 0 Å². The van der Waals surface area contributed by atoms with Crippen LogP contribution >= 0.6 is 11.8 Å². The lowest BCUT2D eigenvalue weighted by molar-refractivity contribution is 0.509. The van der Waals surface area contributed by atoms with Crippen LogP contribution in [0, 0.1) is 6.92 Å².